The minimum atomic E-state index is -1.05. The third-order valence-electron chi connectivity index (χ3n) is 2.68. The molecule has 2 N–H and O–H groups in total. The van der Waals surface area contributed by atoms with E-state index in [0.29, 0.717) is 11.3 Å². The van der Waals surface area contributed by atoms with E-state index in [4.69, 9.17) is 21.1 Å². The molecule has 6 heteroatoms. The van der Waals surface area contributed by atoms with Gasteiger partial charge in [0.15, 0.2) is 0 Å². The van der Waals surface area contributed by atoms with Crippen molar-refractivity contribution in [2.75, 3.05) is 5.32 Å². The van der Waals surface area contributed by atoms with E-state index in [2.05, 4.69) is 5.32 Å². The fourth-order valence-electron chi connectivity index (χ4n) is 1.65. The number of hydrogen-bond donors (Lipinski definition) is 2. The number of halogens is 1. The van der Waals surface area contributed by atoms with Crippen LogP contribution in [0.1, 0.15) is 26.3 Å². The molecule has 1 heterocycles. The Bertz CT molecular complexity index is 648. The molecule has 2 aromatic rings. The first-order valence-electron chi connectivity index (χ1n) is 5.38. The zero-order valence-corrected chi connectivity index (χ0v) is 10.7. The summed E-state index contributed by atoms with van der Waals surface area (Å²) in [4.78, 5) is 22.9. The second-order valence-electron chi connectivity index (χ2n) is 3.85. The van der Waals surface area contributed by atoms with Gasteiger partial charge in [0, 0.05) is 5.69 Å². The molecule has 0 saturated heterocycles. The Morgan fingerprint density at radius 2 is 2.00 bits per heavy atom. The highest BCUT2D eigenvalue weighted by molar-refractivity contribution is 6.32. The molecule has 0 spiro atoms. The summed E-state index contributed by atoms with van der Waals surface area (Å²) in [7, 11) is 0. The van der Waals surface area contributed by atoms with E-state index in [1.54, 1.807) is 19.1 Å². The SMILES string of the molecule is Cc1c(NC(=O)c2ccoc2Cl)cccc1C(=O)O. The Hall–Kier alpha value is -2.27. The molecule has 1 aromatic carbocycles. The van der Waals surface area contributed by atoms with Gasteiger partial charge in [-0.1, -0.05) is 6.07 Å². The highest BCUT2D eigenvalue weighted by Crippen LogP contribution is 2.22. The molecule has 0 aliphatic heterocycles. The van der Waals surface area contributed by atoms with Gasteiger partial charge in [0.25, 0.3) is 5.91 Å². The maximum Gasteiger partial charge on any atom is 0.336 e. The third-order valence-corrected chi connectivity index (χ3v) is 2.97. The predicted molar refractivity (Wildman–Crippen MR) is 69.8 cm³/mol. The van der Waals surface area contributed by atoms with Crippen LogP contribution < -0.4 is 5.32 Å². The van der Waals surface area contributed by atoms with Crippen molar-refractivity contribution in [3.63, 3.8) is 0 Å². The smallest absolute Gasteiger partial charge is 0.336 e. The second-order valence-corrected chi connectivity index (χ2v) is 4.19. The Balaban J connectivity index is 2.30. The highest BCUT2D eigenvalue weighted by atomic mass is 35.5. The van der Waals surface area contributed by atoms with E-state index < -0.39 is 11.9 Å². The number of carbonyl (C=O) groups excluding carboxylic acids is 1. The normalized spacial score (nSPS) is 10.2. The molecule has 98 valence electrons. The summed E-state index contributed by atoms with van der Waals surface area (Å²) in [5.41, 5.74) is 1.23. The number of amides is 1. The number of furan rings is 1. The number of anilines is 1. The average molecular weight is 280 g/mol. The van der Waals surface area contributed by atoms with Crippen LogP contribution >= 0.6 is 11.6 Å². The average Bonchev–Trinajstić information content (AvgIpc) is 2.77. The van der Waals surface area contributed by atoms with Gasteiger partial charge < -0.3 is 14.8 Å². The molecule has 0 radical (unpaired) electrons. The topological polar surface area (TPSA) is 79.5 Å². The van der Waals surface area contributed by atoms with Crippen molar-refractivity contribution in [3.05, 3.63) is 52.4 Å². The van der Waals surface area contributed by atoms with Gasteiger partial charge in [-0.25, -0.2) is 4.79 Å². The summed E-state index contributed by atoms with van der Waals surface area (Å²) in [6.45, 7) is 1.62. The third kappa shape index (κ3) is 2.61. The van der Waals surface area contributed by atoms with E-state index in [0.717, 1.165) is 0 Å². The molecule has 19 heavy (non-hydrogen) atoms. The maximum atomic E-state index is 11.9. The molecule has 1 amide bonds. The molecule has 0 unspecified atom stereocenters. The van der Waals surface area contributed by atoms with Crippen molar-refractivity contribution >= 4 is 29.2 Å². The Kier molecular flexibility index (Phi) is 3.57. The lowest BCUT2D eigenvalue weighted by molar-refractivity contribution is 0.0695. The zero-order valence-electron chi connectivity index (χ0n) is 9.94. The Morgan fingerprint density at radius 1 is 1.26 bits per heavy atom. The van der Waals surface area contributed by atoms with E-state index in [9.17, 15) is 9.59 Å². The van der Waals surface area contributed by atoms with Gasteiger partial charge in [-0.2, -0.15) is 0 Å². The lowest BCUT2D eigenvalue weighted by atomic mass is 10.1. The number of carbonyl (C=O) groups is 2. The van der Waals surface area contributed by atoms with Crippen LogP contribution in [-0.2, 0) is 0 Å². The maximum absolute atomic E-state index is 11.9. The number of carboxylic acids is 1. The standard InChI is InChI=1S/C13H10ClNO4/c1-7-8(13(17)18)3-2-4-10(7)15-12(16)9-5-6-19-11(9)14/h2-6H,1H3,(H,15,16)(H,17,18). The van der Waals surface area contributed by atoms with E-state index in [1.165, 1.54) is 18.4 Å². The Morgan fingerprint density at radius 3 is 2.58 bits per heavy atom. The minimum Gasteiger partial charge on any atom is -0.478 e. The lowest BCUT2D eigenvalue weighted by Crippen LogP contribution is -2.13. The second kappa shape index (κ2) is 5.16. The van der Waals surface area contributed by atoms with Gasteiger partial charge in [0.2, 0.25) is 5.22 Å². The molecule has 5 nitrogen and oxygen atoms in total. The van der Waals surface area contributed by atoms with Crippen molar-refractivity contribution in [3.8, 4) is 0 Å². The molecule has 0 atom stereocenters. The van der Waals surface area contributed by atoms with Gasteiger partial charge in [-0.05, 0) is 42.3 Å². The Labute approximate surface area is 113 Å². The van der Waals surface area contributed by atoms with Crippen LogP contribution in [0.15, 0.2) is 34.9 Å². The molecule has 0 saturated carbocycles. The van der Waals surface area contributed by atoms with Crippen LogP contribution in [-0.4, -0.2) is 17.0 Å². The van der Waals surface area contributed by atoms with Crippen LogP contribution in [0.25, 0.3) is 0 Å². The summed E-state index contributed by atoms with van der Waals surface area (Å²) in [5, 5.41) is 11.6. The molecule has 0 aliphatic carbocycles. The van der Waals surface area contributed by atoms with Crippen LogP contribution in [0, 0.1) is 6.92 Å². The summed E-state index contributed by atoms with van der Waals surface area (Å²) in [5.74, 6) is -1.50. The van der Waals surface area contributed by atoms with Gasteiger partial charge >= 0.3 is 5.97 Å². The number of aromatic carboxylic acids is 1. The van der Waals surface area contributed by atoms with Crippen molar-refractivity contribution in [1.29, 1.82) is 0 Å². The first kappa shape index (κ1) is 13.2. The van der Waals surface area contributed by atoms with Gasteiger partial charge in [-0.15, -0.1) is 0 Å². The summed E-state index contributed by atoms with van der Waals surface area (Å²) >= 11 is 5.70. The molecule has 2 rings (SSSR count). The van der Waals surface area contributed by atoms with Crippen LogP contribution in [0.2, 0.25) is 5.22 Å². The predicted octanol–water partition coefficient (Wildman–Crippen LogP) is 3.19. The highest BCUT2D eigenvalue weighted by Gasteiger charge is 2.16. The molecule has 0 bridgehead atoms. The van der Waals surface area contributed by atoms with Crippen LogP contribution in [0.3, 0.4) is 0 Å². The number of benzene rings is 1. The summed E-state index contributed by atoms with van der Waals surface area (Å²) in [6.07, 6.45) is 1.30. The van der Waals surface area contributed by atoms with Crippen molar-refractivity contribution in [1.82, 2.24) is 0 Å². The fourth-order valence-corrected chi connectivity index (χ4v) is 1.85. The van der Waals surface area contributed by atoms with Crippen LogP contribution in [0.4, 0.5) is 5.69 Å². The fraction of sp³-hybridized carbons (Fsp3) is 0.0769. The quantitative estimate of drug-likeness (QED) is 0.904. The van der Waals surface area contributed by atoms with Gasteiger partial charge in [0.1, 0.15) is 0 Å². The van der Waals surface area contributed by atoms with Crippen molar-refractivity contribution in [2.24, 2.45) is 0 Å². The number of carboxylic acid groups (broad SMARTS) is 1. The first-order valence-corrected chi connectivity index (χ1v) is 5.75. The molecular formula is C13H10ClNO4. The first-order chi connectivity index (χ1) is 9.00. The van der Waals surface area contributed by atoms with Crippen molar-refractivity contribution < 1.29 is 19.1 Å². The largest absolute Gasteiger partial charge is 0.478 e. The van der Waals surface area contributed by atoms with Crippen LogP contribution in [0.5, 0.6) is 0 Å². The van der Waals surface area contributed by atoms with Gasteiger partial charge in [0.05, 0.1) is 17.4 Å². The summed E-state index contributed by atoms with van der Waals surface area (Å²) < 4.78 is 4.83. The monoisotopic (exact) mass is 279 g/mol. The molecule has 0 aliphatic rings. The number of hydrogen-bond acceptors (Lipinski definition) is 3. The molecule has 0 fully saturated rings. The molecule has 1 aromatic heterocycles. The van der Waals surface area contributed by atoms with E-state index in [1.807, 2.05) is 0 Å². The number of rotatable bonds is 3. The molecular weight excluding hydrogens is 270 g/mol. The summed E-state index contributed by atoms with van der Waals surface area (Å²) in [6, 6.07) is 6.09. The number of nitrogens with one attached hydrogen (secondary N) is 1. The minimum absolute atomic E-state index is 0.00968. The van der Waals surface area contributed by atoms with E-state index in [-0.39, 0.29) is 16.3 Å². The van der Waals surface area contributed by atoms with E-state index >= 15 is 0 Å². The van der Waals surface area contributed by atoms with Crippen molar-refractivity contribution in [2.45, 2.75) is 6.92 Å². The van der Waals surface area contributed by atoms with Gasteiger partial charge in [-0.3, -0.25) is 4.79 Å². The zero-order chi connectivity index (χ0) is 14.0. The lowest BCUT2D eigenvalue weighted by Gasteiger charge is -2.09.